The van der Waals surface area contributed by atoms with Crippen molar-refractivity contribution in [1.29, 1.82) is 0 Å². The number of carbonyl (C=O) groups excluding carboxylic acids is 2. The van der Waals surface area contributed by atoms with E-state index in [1.807, 2.05) is 56.3 Å². The average molecular weight is 397 g/mol. The Balaban J connectivity index is 1.69. The molecule has 1 atom stereocenters. The Morgan fingerprint density at radius 1 is 1.18 bits per heavy atom. The minimum absolute atomic E-state index is 0.160. The zero-order chi connectivity index (χ0) is 20.1. The summed E-state index contributed by atoms with van der Waals surface area (Å²) in [5.41, 5.74) is 3.86. The van der Waals surface area contributed by atoms with Crippen molar-refractivity contribution < 1.29 is 14.3 Å². The SMILES string of the molecule is COc1ccccc1/C=C/C(=O)N1CSCC1C(=O)Nc1ccc(C)c(C)c1. The Hall–Kier alpha value is -2.73. The largest absolute Gasteiger partial charge is 0.496 e. The zero-order valence-electron chi connectivity index (χ0n) is 16.3. The van der Waals surface area contributed by atoms with Crippen molar-refractivity contribution in [2.75, 3.05) is 24.1 Å². The molecule has 6 heteroatoms. The Morgan fingerprint density at radius 3 is 2.71 bits per heavy atom. The van der Waals surface area contributed by atoms with Crippen molar-refractivity contribution in [3.63, 3.8) is 0 Å². The fourth-order valence-corrected chi connectivity index (χ4v) is 4.15. The second-order valence-electron chi connectivity index (χ2n) is 6.69. The molecule has 0 aliphatic carbocycles. The first-order chi connectivity index (χ1) is 13.5. The van der Waals surface area contributed by atoms with Crippen LogP contribution in [0, 0.1) is 13.8 Å². The van der Waals surface area contributed by atoms with Gasteiger partial charge in [0.1, 0.15) is 11.8 Å². The average Bonchev–Trinajstić information content (AvgIpc) is 3.19. The van der Waals surface area contributed by atoms with Gasteiger partial charge in [0.25, 0.3) is 0 Å². The van der Waals surface area contributed by atoms with Crippen LogP contribution in [-0.4, -0.2) is 41.5 Å². The molecule has 1 unspecified atom stereocenters. The van der Waals surface area contributed by atoms with E-state index in [1.54, 1.807) is 29.8 Å². The first kappa shape index (κ1) is 20.0. The number of methoxy groups -OCH3 is 1. The predicted molar refractivity (Wildman–Crippen MR) is 115 cm³/mol. The van der Waals surface area contributed by atoms with Crippen molar-refractivity contribution in [1.82, 2.24) is 4.90 Å². The van der Waals surface area contributed by atoms with Gasteiger partial charge in [-0.2, -0.15) is 0 Å². The molecule has 0 spiro atoms. The summed E-state index contributed by atoms with van der Waals surface area (Å²) in [6, 6.07) is 12.8. The summed E-state index contributed by atoms with van der Waals surface area (Å²) >= 11 is 1.58. The molecule has 1 heterocycles. The second kappa shape index (κ2) is 8.97. The number of rotatable bonds is 5. The van der Waals surface area contributed by atoms with Crippen LogP contribution in [0.15, 0.2) is 48.5 Å². The lowest BCUT2D eigenvalue weighted by molar-refractivity contribution is -0.132. The summed E-state index contributed by atoms with van der Waals surface area (Å²) in [7, 11) is 1.60. The summed E-state index contributed by atoms with van der Waals surface area (Å²) < 4.78 is 5.30. The quantitative estimate of drug-likeness (QED) is 0.780. The van der Waals surface area contributed by atoms with E-state index in [0.29, 0.717) is 17.4 Å². The minimum Gasteiger partial charge on any atom is -0.496 e. The van der Waals surface area contributed by atoms with Crippen molar-refractivity contribution in [2.45, 2.75) is 19.9 Å². The van der Waals surface area contributed by atoms with Crippen LogP contribution in [0.25, 0.3) is 6.08 Å². The molecular weight excluding hydrogens is 372 g/mol. The molecule has 0 saturated carbocycles. The number of thioether (sulfide) groups is 1. The normalized spacial score (nSPS) is 16.4. The predicted octanol–water partition coefficient (Wildman–Crippen LogP) is 3.87. The zero-order valence-corrected chi connectivity index (χ0v) is 17.1. The lowest BCUT2D eigenvalue weighted by Crippen LogP contribution is -2.43. The molecule has 2 amide bonds. The van der Waals surface area contributed by atoms with E-state index in [0.717, 1.165) is 16.8 Å². The number of hydrogen-bond acceptors (Lipinski definition) is 4. The van der Waals surface area contributed by atoms with Gasteiger partial charge >= 0.3 is 0 Å². The molecule has 1 aliphatic heterocycles. The number of hydrogen-bond donors (Lipinski definition) is 1. The van der Waals surface area contributed by atoms with E-state index in [9.17, 15) is 9.59 Å². The third-order valence-electron chi connectivity index (χ3n) is 4.79. The molecule has 3 rings (SSSR count). The molecular formula is C22H24N2O3S. The lowest BCUT2D eigenvalue weighted by Gasteiger charge is -2.22. The molecule has 2 aromatic carbocycles. The number of ether oxygens (including phenoxy) is 1. The highest BCUT2D eigenvalue weighted by Crippen LogP contribution is 2.24. The van der Waals surface area contributed by atoms with Gasteiger partial charge in [0.2, 0.25) is 11.8 Å². The molecule has 146 valence electrons. The van der Waals surface area contributed by atoms with Crippen LogP contribution in [0.2, 0.25) is 0 Å². The first-order valence-electron chi connectivity index (χ1n) is 9.07. The Labute approximate surface area is 169 Å². The fourth-order valence-electron chi connectivity index (χ4n) is 2.98. The van der Waals surface area contributed by atoms with Crippen molar-refractivity contribution in [3.05, 3.63) is 65.2 Å². The van der Waals surface area contributed by atoms with Gasteiger partial charge in [0.15, 0.2) is 0 Å². The summed E-state index contributed by atoms with van der Waals surface area (Å²) in [6.07, 6.45) is 3.22. The molecule has 1 saturated heterocycles. The summed E-state index contributed by atoms with van der Waals surface area (Å²) in [6.45, 7) is 4.04. The van der Waals surface area contributed by atoms with E-state index in [4.69, 9.17) is 4.74 Å². The number of nitrogens with zero attached hydrogens (tertiary/aromatic N) is 1. The van der Waals surface area contributed by atoms with Crippen LogP contribution in [0.1, 0.15) is 16.7 Å². The fraction of sp³-hybridized carbons (Fsp3) is 0.273. The highest BCUT2D eigenvalue weighted by atomic mass is 32.2. The third-order valence-corrected chi connectivity index (χ3v) is 5.80. The number of amides is 2. The molecule has 5 nitrogen and oxygen atoms in total. The number of benzene rings is 2. The highest BCUT2D eigenvalue weighted by Gasteiger charge is 2.33. The second-order valence-corrected chi connectivity index (χ2v) is 7.69. The lowest BCUT2D eigenvalue weighted by atomic mass is 10.1. The first-order valence-corrected chi connectivity index (χ1v) is 10.2. The molecule has 0 bridgehead atoms. The highest BCUT2D eigenvalue weighted by molar-refractivity contribution is 7.99. The monoisotopic (exact) mass is 396 g/mol. The number of carbonyl (C=O) groups is 2. The van der Waals surface area contributed by atoms with Crippen molar-refractivity contribution in [3.8, 4) is 5.75 Å². The Morgan fingerprint density at radius 2 is 1.96 bits per heavy atom. The maximum atomic E-state index is 12.7. The van der Waals surface area contributed by atoms with Crippen LogP contribution in [0.4, 0.5) is 5.69 Å². The van der Waals surface area contributed by atoms with Crippen molar-refractivity contribution >= 4 is 35.3 Å². The van der Waals surface area contributed by atoms with Gasteiger partial charge < -0.3 is 15.0 Å². The number of para-hydroxylation sites is 1. The Bertz CT molecular complexity index is 910. The van der Waals surface area contributed by atoms with E-state index in [2.05, 4.69) is 5.32 Å². The topological polar surface area (TPSA) is 58.6 Å². The molecule has 2 aromatic rings. The number of nitrogens with one attached hydrogen (secondary N) is 1. The van der Waals surface area contributed by atoms with Gasteiger partial charge in [-0.25, -0.2) is 0 Å². The van der Waals surface area contributed by atoms with Gasteiger partial charge in [0, 0.05) is 23.1 Å². The minimum atomic E-state index is -0.485. The van der Waals surface area contributed by atoms with Gasteiger partial charge in [0.05, 0.1) is 13.0 Å². The molecule has 28 heavy (non-hydrogen) atoms. The number of anilines is 1. The molecule has 0 radical (unpaired) electrons. The van der Waals surface area contributed by atoms with Crippen molar-refractivity contribution in [2.24, 2.45) is 0 Å². The van der Waals surface area contributed by atoms with Crippen LogP contribution in [0.5, 0.6) is 5.75 Å². The maximum Gasteiger partial charge on any atom is 0.248 e. The third kappa shape index (κ3) is 4.57. The molecule has 1 N–H and O–H groups in total. The van der Waals surface area contributed by atoms with Crippen LogP contribution < -0.4 is 10.1 Å². The van der Waals surface area contributed by atoms with Gasteiger partial charge in [-0.15, -0.1) is 11.8 Å². The number of aryl methyl sites for hydroxylation is 2. The summed E-state index contributed by atoms with van der Waals surface area (Å²) in [5, 5.41) is 2.94. The van der Waals surface area contributed by atoms with Gasteiger partial charge in [-0.05, 0) is 49.2 Å². The van der Waals surface area contributed by atoms with Crippen LogP contribution in [-0.2, 0) is 9.59 Å². The summed E-state index contributed by atoms with van der Waals surface area (Å²) in [4.78, 5) is 27.0. The summed E-state index contributed by atoms with van der Waals surface area (Å²) in [5.74, 6) is 1.44. The maximum absolute atomic E-state index is 12.7. The van der Waals surface area contributed by atoms with Crippen LogP contribution >= 0.6 is 11.8 Å². The molecule has 1 fully saturated rings. The van der Waals surface area contributed by atoms with E-state index in [1.165, 1.54) is 11.6 Å². The molecule has 1 aliphatic rings. The molecule has 0 aromatic heterocycles. The van der Waals surface area contributed by atoms with Crippen LogP contribution in [0.3, 0.4) is 0 Å². The Kier molecular flexibility index (Phi) is 6.41. The van der Waals surface area contributed by atoms with Gasteiger partial charge in [-0.3, -0.25) is 9.59 Å². The smallest absolute Gasteiger partial charge is 0.248 e. The van der Waals surface area contributed by atoms with Gasteiger partial charge in [-0.1, -0.05) is 24.3 Å². The van der Waals surface area contributed by atoms with E-state index >= 15 is 0 Å². The standard InChI is InChI=1S/C22H24N2O3S/c1-15-8-10-18(12-16(15)2)23-22(26)19-13-28-14-24(19)21(25)11-9-17-6-4-5-7-20(17)27-3/h4-12,19H,13-14H2,1-3H3,(H,23,26)/b11-9+. The van der Waals surface area contributed by atoms with E-state index < -0.39 is 6.04 Å². The van der Waals surface area contributed by atoms with E-state index in [-0.39, 0.29) is 11.8 Å².